The maximum atomic E-state index is 13.9. The molecule has 1 aromatic carbocycles. The molecular formula is C20H20FN5O. The number of benzene rings is 1. The van der Waals surface area contributed by atoms with Gasteiger partial charge < -0.3 is 10.2 Å². The number of halogens is 1. The highest BCUT2D eigenvalue weighted by Gasteiger charge is 2.22. The summed E-state index contributed by atoms with van der Waals surface area (Å²) in [4.78, 5) is 14.3. The molecule has 3 heterocycles. The van der Waals surface area contributed by atoms with Crippen LogP contribution in [0.4, 0.5) is 9.18 Å². The molecule has 0 saturated carbocycles. The van der Waals surface area contributed by atoms with Gasteiger partial charge in [0, 0.05) is 24.8 Å². The number of fused-ring (bicyclic) bond motifs is 1. The molecule has 7 heteroatoms. The number of hydrogen-bond acceptors (Lipinski definition) is 3. The van der Waals surface area contributed by atoms with Gasteiger partial charge in [-0.25, -0.2) is 9.18 Å². The maximum absolute atomic E-state index is 13.9. The second-order valence-electron chi connectivity index (χ2n) is 6.56. The van der Waals surface area contributed by atoms with Crippen molar-refractivity contribution in [3.63, 3.8) is 0 Å². The lowest BCUT2D eigenvalue weighted by atomic mass is 9.99. The van der Waals surface area contributed by atoms with Crippen LogP contribution in [0.2, 0.25) is 0 Å². The van der Waals surface area contributed by atoms with Crippen LogP contribution >= 0.6 is 0 Å². The highest BCUT2D eigenvalue weighted by atomic mass is 19.1. The lowest BCUT2D eigenvalue weighted by Gasteiger charge is -2.28. The van der Waals surface area contributed by atoms with Crippen molar-refractivity contribution in [3.8, 4) is 0 Å². The first-order chi connectivity index (χ1) is 13.1. The molecule has 1 aliphatic rings. The van der Waals surface area contributed by atoms with Gasteiger partial charge in [0.15, 0.2) is 11.5 Å². The molecule has 1 N–H and O–H groups in total. The predicted molar refractivity (Wildman–Crippen MR) is 101 cm³/mol. The van der Waals surface area contributed by atoms with Crippen molar-refractivity contribution < 1.29 is 9.18 Å². The first-order valence-corrected chi connectivity index (χ1v) is 8.92. The average Bonchev–Trinajstić information content (AvgIpc) is 3.13. The van der Waals surface area contributed by atoms with Gasteiger partial charge in [0.1, 0.15) is 5.82 Å². The molecule has 2 aromatic heterocycles. The zero-order chi connectivity index (χ0) is 18.8. The molecular weight excluding hydrogens is 345 g/mol. The summed E-state index contributed by atoms with van der Waals surface area (Å²) < 4.78 is 15.8. The summed E-state index contributed by atoms with van der Waals surface area (Å²) in [5.41, 5.74) is 2.29. The van der Waals surface area contributed by atoms with Crippen molar-refractivity contribution in [2.24, 2.45) is 0 Å². The highest BCUT2D eigenvalue weighted by Crippen LogP contribution is 2.24. The first-order valence-electron chi connectivity index (χ1n) is 8.92. The molecule has 1 atom stereocenters. The van der Waals surface area contributed by atoms with Crippen LogP contribution in [-0.2, 0) is 0 Å². The highest BCUT2D eigenvalue weighted by molar-refractivity contribution is 5.77. The quantitative estimate of drug-likeness (QED) is 0.773. The molecule has 0 radical (unpaired) electrons. The minimum atomic E-state index is -0.285. The van der Waals surface area contributed by atoms with E-state index in [1.807, 2.05) is 47.9 Å². The Morgan fingerprint density at radius 3 is 2.78 bits per heavy atom. The Bertz CT molecular complexity index is 1010. The van der Waals surface area contributed by atoms with Crippen molar-refractivity contribution >= 4 is 17.3 Å². The molecule has 2 amide bonds. The van der Waals surface area contributed by atoms with Gasteiger partial charge in [-0.2, -0.15) is 0 Å². The average molecular weight is 365 g/mol. The van der Waals surface area contributed by atoms with Crippen molar-refractivity contribution in [3.05, 3.63) is 71.9 Å². The third-order valence-electron chi connectivity index (χ3n) is 4.78. The summed E-state index contributed by atoms with van der Waals surface area (Å²) >= 11 is 0. The Balaban J connectivity index is 1.43. The zero-order valence-electron chi connectivity index (χ0n) is 15.0. The Morgan fingerprint density at radius 2 is 2.00 bits per heavy atom. The molecule has 1 unspecified atom stereocenters. The number of nitrogens with zero attached hydrogens (tertiary/aromatic N) is 4. The fourth-order valence-electron chi connectivity index (χ4n) is 3.32. The molecule has 0 fully saturated rings. The summed E-state index contributed by atoms with van der Waals surface area (Å²) in [6, 6.07) is 11.9. The summed E-state index contributed by atoms with van der Waals surface area (Å²) in [6.07, 6.45) is 4.41. The van der Waals surface area contributed by atoms with Crippen LogP contribution < -0.4 is 5.32 Å². The van der Waals surface area contributed by atoms with Crippen LogP contribution in [0.5, 0.6) is 0 Å². The van der Waals surface area contributed by atoms with Crippen molar-refractivity contribution in [2.75, 3.05) is 13.1 Å². The number of amides is 2. The third kappa shape index (κ3) is 3.40. The zero-order valence-corrected chi connectivity index (χ0v) is 15.0. The number of urea groups is 1. The Morgan fingerprint density at radius 1 is 1.19 bits per heavy atom. The standard InChI is InChI=1S/C20H20FN5O/c1-14(19-24-23-18-8-4-5-11-26(18)19)22-20(27)25-12-9-15(10-13-25)16-6-2-3-7-17(16)21/h2-9,11,14H,10,12-13H2,1H3,(H,22,27). The van der Waals surface area contributed by atoms with Gasteiger partial charge >= 0.3 is 6.03 Å². The molecule has 0 spiro atoms. The number of carbonyl (C=O) groups excluding carboxylic acids is 1. The Kier molecular flexibility index (Phi) is 4.58. The minimum absolute atomic E-state index is 0.168. The number of pyridine rings is 1. The number of nitrogens with one attached hydrogen (secondary N) is 1. The number of hydrogen-bond donors (Lipinski definition) is 1. The van der Waals surface area contributed by atoms with E-state index in [-0.39, 0.29) is 17.9 Å². The second kappa shape index (κ2) is 7.19. The summed E-state index contributed by atoms with van der Waals surface area (Å²) in [6.45, 7) is 2.87. The monoisotopic (exact) mass is 365 g/mol. The molecule has 0 aliphatic carbocycles. The predicted octanol–water partition coefficient (Wildman–Crippen LogP) is 3.43. The molecule has 3 aromatic rings. The molecule has 138 valence electrons. The smallest absolute Gasteiger partial charge is 0.318 e. The van der Waals surface area contributed by atoms with Gasteiger partial charge in [0.05, 0.1) is 6.04 Å². The largest absolute Gasteiger partial charge is 0.328 e. The van der Waals surface area contributed by atoms with Crippen LogP contribution in [0.15, 0.2) is 54.7 Å². The van der Waals surface area contributed by atoms with E-state index in [9.17, 15) is 9.18 Å². The third-order valence-corrected chi connectivity index (χ3v) is 4.78. The van der Waals surface area contributed by atoms with Crippen molar-refractivity contribution in [1.82, 2.24) is 24.8 Å². The number of rotatable bonds is 3. The fraction of sp³-hybridized carbons (Fsp3) is 0.250. The van der Waals surface area contributed by atoms with Gasteiger partial charge in [-0.15, -0.1) is 10.2 Å². The van der Waals surface area contributed by atoms with Crippen LogP contribution in [-0.4, -0.2) is 38.6 Å². The van der Waals surface area contributed by atoms with E-state index in [2.05, 4.69) is 15.5 Å². The second-order valence-corrected chi connectivity index (χ2v) is 6.56. The van der Waals surface area contributed by atoms with Gasteiger partial charge in [0.25, 0.3) is 0 Å². The van der Waals surface area contributed by atoms with Crippen LogP contribution in [0.1, 0.15) is 30.8 Å². The van der Waals surface area contributed by atoms with Crippen LogP contribution in [0.25, 0.3) is 11.2 Å². The summed E-state index contributed by atoms with van der Waals surface area (Å²) in [5.74, 6) is 0.451. The van der Waals surface area contributed by atoms with E-state index < -0.39 is 0 Å². The molecule has 0 saturated heterocycles. The first kappa shape index (κ1) is 17.2. The molecule has 27 heavy (non-hydrogen) atoms. The number of aromatic nitrogens is 3. The SMILES string of the molecule is CC(NC(=O)N1CC=C(c2ccccc2F)CC1)c1nnc2ccccn12. The molecule has 4 rings (SSSR count). The molecule has 1 aliphatic heterocycles. The Labute approximate surface area is 156 Å². The van der Waals surface area contributed by atoms with Gasteiger partial charge in [-0.1, -0.05) is 30.3 Å². The van der Waals surface area contributed by atoms with E-state index >= 15 is 0 Å². The fourth-order valence-corrected chi connectivity index (χ4v) is 3.32. The topological polar surface area (TPSA) is 62.5 Å². The molecule has 6 nitrogen and oxygen atoms in total. The summed E-state index contributed by atoms with van der Waals surface area (Å²) in [7, 11) is 0. The Hall–Kier alpha value is -3.22. The van der Waals surface area contributed by atoms with E-state index in [4.69, 9.17) is 0 Å². The lowest BCUT2D eigenvalue weighted by Crippen LogP contribution is -2.43. The van der Waals surface area contributed by atoms with Crippen LogP contribution in [0.3, 0.4) is 0 Å². The van der Waals surface area contributed by atoms with E-state index in [0.717, 1.165) is 11.2 Å². The van der Waals surface area contributed by atoms with Crippen LogP contribution in [0, 0.1) is 5.82 Å². The molecule has 0 bridgehead atoms. The van der Waals surface area contributed by atoms with Gasteiger partial charge in [-0.05, 0) is 37.1 Å². The van der Waals surface area contributed by atoms with Crippen molar-refractivity contribution in [1.29, 1.82) is 0 Å². The van der Waals surface area contributed by atoms with Gasteiger partial charge in [0.2, 0.25) is 0 Å². The lowest BCUT2D eigenvalue weighted by molar-refractivity contribution is 0.199. The van der Waals surface area contributed by atoms with E-state index in [1.54, 1.807) is 17.0 Å². The maximum Gasteiger partial charge on any atom is 0.318 e. The van der Waals surface area contributed by atoms with E-state index in [0.29, 0.717) is 30.9 Å². The minimum Gasteiger partial charge on any atom is -0.328 e. The van der Waals surface area contributed by atoms with E-state index in [1.165, 1.54) is 6.07 Å². The summed E-state index contributed by atoms with van der Waals surface area (Å²) in [5, 5.41) is 11.3. The van der Waals surface area contributed by atoms with Gasteiger partial charge in [-0.3, -0.25) is 4.40 Å². The normalized spacial score (nSPS) is 15.5. The number of carbonyl (C=O) groups is 1. The van der Waals surface area contributed by atoms with Crippen molar-refractivity contribution in [2.45, 2.75) is 19.4 Å².